The maximum absolute atomic E-state index is 12.7. The summed E-state index contributed by atoms with van der Waals surface area (Å²) in [5, 5.41) is 9.93. The van der Waals surface area contributed by atoms with Crippen molar-refractivity contribution in [2.75, 3.05) is 19.6 Å². The molecule has 1 heterocycles. The van der Waals surface area contributed by atoms with Crippen LogP contribution in [0.5, 0.6) is 0 Å². The minimum absolute atomic E-state index is 0.397. The molecule has 0 saturated carbocycles. The Balaban J connectivity index is 2.48. The SMILES string of the molecule is C=CCN(CC=C)CCC(O)c1ccc(F)cn1. The fourth-order valence-electron chi connectivity index (χ4n) is 1.66. The van der Waals surface area contributed by atoms with Gasteiger partial charge in [0, 0.05) is 19.6 Å². The first-order valence-corrected chi connectivity index (χ1v) is 5.91. The molecule has 1 aromatic heterocycles. The highest BCUT2D eigenvalue weighted by Crippen LogP contribution is 2.14. The zero-order valence-electron chi connectivity index (χ0n) is 10.4. The van der Waals surface area contributed by atoms with E-state index in [-0.39, 0.29) is 0 Å². The summed E-state index contributed by atoms with van der Waals surface area (Å²) in [7, 11) is 0. The molecular weight excluding hydrogens is 231 g/mol. The van der Waals surface area contributed by atoms with Crippen molar-refractivity contribution in [3.63, 3.8) is 0 Å². The second-order valence-corrected chi connectivity index (χ2v) is 4.04. The van der Waals surface area contributed by atoms with Crippen LogP contribution in [0.2, 0.25) is 0 Å². The number of pyridine rings is 1. The predicted octanol–water partition coefficient (Wildman–Crippen LogP) is 2.32. The molecule has 1 N–H and O–H groups in total. The van der Waals surface area contributed by atoms with Crippen molar-refractivity contribution < 1.29 is 9.50 Å². The van der Waals surface area contributed by atoms with Crippen LogP contribution in [-0.4, -0.2) is 34.6 Å². The van der Waals surface area contributed by atoms with E-state index >= 15 is 0 Å². The summed E-state index contributed by atoms with van der Waals surface area (Å²) < 4.78 is 12.7. The summed E-state index contributed by atoms with van der Waals surface area (Å²) in [6.45, 7) is 9.57. The fourth-order valence-corrected chi connectivity index (χ4v) is 1.66. The lowest BCUT2D eigenvalue weighted by molar-refractivity contribution is 0.144. The average Bonchev–Trinajstić information content (AvgIpc) is 2.37. The number of nitrogens with zero attached hydrogens (tertiary/aromatic N) is 2. The van der Waals surface area contributed by atoms with Crippen molar-refractivity contribution in [2.24, 2.45) is 0 Å². The number of rotatable bonds is 8. The van der Waals surface area contributed by atoms with Gasteiger partial charge in [-0.05, 0) is 18.6 Å². The number of aliphatic hydroxyl groups is 1. The van der Waals surface area contributed by atoms with Crippen molar-refractivity contribution in [3.8, 4) is 0 Å². The second kappa shape index (κ2) is 7.74. The summed E-state index contributed by atoms with van der Waals surface area (Å²) in [5.41, 5.74) is 0.494. The number of aliphatic hydroxyl groups excluding tert-OH is 1. The molecule has 18 heavy (non-hydrogen) atoms. The van der Waals surface area contributed by atoms with E-state index in [4.69, 9.17) is 0 Å². The van der Waals surface area contributed by atoms with Crippen molar-refractivity contribution >= 4 is 0 Å². The van der Waals surface area contributed by atoms with Crippen LogP contribution in [0.1, 0.15) is 18.2 Å². The second-order valence-electron chi connectivity index (χ2n) is 4.04. The van der Waals surface area contributed by atoms with Crippen LogP contribution in [0.3, 0.4) is 0 Å². The van der Waals surface area contributed by atoms with Gasteiger partial charge in [0.25, 0.3) is 0 Å². The molecule has 0 fully saturated rings. The molecule has 1 rings (SSSR count). The van der Waals surface area contributed by atoms with Crippen LogP contribution < -0.4 is 0 Å². The Morgan fingerprint density at radius 3 is 2.50 bits per heavy atom. The van der Waals surface area contributed by atoms with Crippen molar-refractivity contribution in [3.05, 3.63) is 55.2 Å². The third-order valence-corrected chi connectivity index (χ3v) is 2.59. The summed E-state index contributed by atoms with van der Waals surface area (Å²) in [6.07, 6.45) is 4.60. The van der Waals surface area contributed by atoms with E-state index in [2.05, 4.69) is 23.0 Å². The van der Waals surface area contributed by atoms with E-state index in [9.17, 15) is 9.50 Å². The van der Waals surface area contributed by atoms with Gasteiger partial charge in [-0.3, -0.25) is 9.88 Å². The Morgan fingerprint density at radius 1 is 1.33 bits per heavy atom. The topological polar surface area (TPSA) is 36.4 Å². The van der Waals surface area contributed by atoms with Crippen LogP contribution in [0, 0.1) is 5.82 Å². The molecule has 0 radical (unpaired) electrons. The molecule has 0 aliphatic heterocycles. The molecule has 1 atom stereocenters. The molecule has 0 bridgehead atoms. The first kappa shape index (κ1) is 14.5. The molecule has 0 aliphatic rings. The third kappa shape index (κ3) is 4.77. The van der Waals surface area contributed by atoms with Crippen LogP contribution >= 0.6 is 0 Å². The number of aromatic nitrogens is 1. The third-order valence-electron chi connectivity index (χ3n) is 2.59. The van der Waals surface area contributed by atoms with Gasteiger partial charge in [0.1, 0.15) is 5.82 Å². The molecule has 0 amide bonds. The largest absolute Gasteiger partial charge is 0.387 e. The molecule has 1 unspecified atom stereocenters. The highest BCUT2D eigenvalue weighted by molar-refractivity contribution is 5.08. The van der Waals surface area contributed by atoms with Gasteiger partial charge in [0.15, 0.2) is 0 Å². The van der Waals surface area contributed by atoms with Crippen LogP contribution in [0.25, 0.3) is 0 Å². The van der Waals surface area contributed by atoms with E-state index in [1.54, 1.807) is 0 Å². The zero-order chi connectivity index (χ0) is 13.4. The van der Waals surface area contributed by atoms with Crippen molar-refractivity contribution in [2.45, 2.75) is 12.5 Å². The summed E-state index contributed by atoms with van der Waals surface area (Å²) in [4.78, 5) is 5.97. The summed E-state index contributed by atoms with van der Waals surface area (Å²) in [5.74, 6) is -0.397. The molecule has 4 heteroatoms. The smallest absolute Gasteiger partial charge is 0.141 e. The first-order valence-electron chi connectivity index (χ1n) is 5.91. The molecule has 1 aromatic rings. The summed E-state index contributed by atoms with van der Waals surface area (Å²) in [6, 6.07) is 2.81. The van der Waals surface area contributed by atoms with Gasteiger partial charge in [-0.2, -0.15) is 0 Å². The average molecular weight is 250 g/mol. The van der Waals surface area contributed by atoms with Crippen LogP contribution in [0.4, 0.5) is 4.39 Å². The number of halogens is 1. The lowest BCUT2D eigenvalue weighted by atomic mass is 10.1. The van der Waals surface area contributed by atoms with Gasteiger partial charge in [0.05, 0.1) is 18.0 Å². The monoisotopic (exact) mass is 250 g/mol. The predicted molar refractivity (Wildman–Crippen MR) is 70.6 cm³/mol. The molecule has 0 saturated heterocycles. The fraction of sp³-hybridized carbons (Fsp3) is 0.357. The Bertz CT molecular complexity index is 368. The Hall–Kier alpha value is -1.52. The highest BCUT2D eigenvalue weighted by Gasteiger charge is 2.11. The van der Waals surface area contributed by atoms with E-state index in [0.29, 0.717) is 18.7 Å². The van der Waals surface area contributed by atoms with Gasteiger partial charge in [-0.1, -0.05) is 12.2 Å². The quantitative estimate of drug-likeness (QED) is 0.719. The Labute approximate surface area is 107 Å². The molecular formula is C14H19FN2O. The van der Waals surface area contributed by atoms with Gasteiger partial charge in [-0.25, -0.2) is 4.39 Å². The molecule has 98 valence electrons. The van der Waals surface area contributed by atoms with Crippen LogP contribution in [0.15, 0.2) is 43.6 Å². The van der Waals surface area contributed by atoms with E-state index in [1.807, 2.05) is 12.2 Å². The van der Waals surface area contributed by atoms with Crippen molar-refractivity contribution in [1.29, 1.82) is 0 Å². The molecule has 3 nitrogen and oxygen atoms in total. The maximum atomic E-state index is 12.7. The van der Waals surface area contributed by atoms with E-state index < -0.39 is 11.9 Å². The number of hydrogen-bond donors (Lipinski definition) is 1. The van der Waals surface area contributed by atoms with Gasteiger partial charge < -0.3 is 5.11 Å². The van der Waals surface area contributed by atoms with Gasteiger partial charge in [-0.15, -0.1) is 13.2 Å². The highest BCUT2D eigenvalue weighted by atomic mass is 19.1. The molecule has 0 aromatic carbocycles. The van der Waals surface area contributed by atoms with Gasteiger partial charge >= 0.3 is 0 Å². The number of hydrogen-bond acceptors (Lipinski definition) is 3. The molecule has 0 spiro atoms. The molecule has 0 aliphatic carbocycles. The minimum Gasteiger partial charge on any atom is -0.387 e. The normalized spacial score (nSPS) is 12.4. The zero-order valence-corrected chi connectivity index (χ0v) is 10.4. The van der Waals surface area contributed by atoms with Crippen molar-refractivity contribution in [1.82, 2.24) is 9.88 Å². The van der Waals surface area contributed by atoms with Gasteiger partial charge in [0.2, 0.25) is 0 Å². The first-order chi connectivity index (χ1) is 8.67. The van der Waals surface area contributed by atoms with Crippen LogP contribution in [-0.2, 0) is 0 Å². The van der Waals surface area contributed by atoms with E-state index in [1.165, 1.54) is 12.1 Å². The summed E-state index contributed by atoms with van der Waals surface area (Å²) >= 11 is 0. The lowest BCUT2D eigenvalue weighted by Crippen LogP contribution is -2.26. The standard InChI is InChI=1S/C14H19FN2O/c1-3-8-17(9-4-2)10-7-14(18)13-6-5-12(15)11-16-13/h3-6,11,14,18H,1-2,7-10H2. The lowest BCUT2D eigenvalue weighted by Gasteiger charge is -2.20. The Morgan fingerprint density at radius 2 is 2.00 bits per heavy atom. The minimum atomic E-state index is -0.678. The maximum Gasteiger partial charge on any atom is 0.141 e. The van der Waals surface area contributed by atoms with E-state index in [0.717, 1.165) is 19.3 Å². The Kier molecular flexibility index (Phi) is 6.25.